The molecule has 0 aromatic carbocycles. The molecule has 6 heteroatoms. The van der Waals surface area contributed by atoms with Gasteiger partial charge in [-0.3, -0.25) is 9.59 Å². The third-order valence-corrected chi connectivity index (χ3v) is 5.24. The topological polar surface area (TPSA) is 85.4 Å². The van der Waals surface area contributed by atoms with E-state index in [0.717, 1.165) is 25.7 Å². The summed E-state index contributed by atoms with van der Waals surface area (Å²) in [5.74, 6) is -0.327. The van der Waals surface area contributed by atoms with Crippen LogP contribution in [0.5, 0.6) is 0 Å². The summed E-state index contributed by atoms with van der Waals surface area (Å²) in [6.45, 7) is 2.08. The van der Waals surface area contributed by atoms with Crippen LogP contribution < -0.4 is 0 Å². The average Bonchev–Trinajstić information content (AvgIpc) is 3.33. The van der Waals surface area contributed by atoms with E-state index >= 15 is 0 Å². The van der Waals surface area contributed by atoms with Crippen LogP contribution in [0.4, 0.5) is 0 Å². The van der Waals surface area contributed by atoms with Gasteiger partial charge in [0.15, 0.2) is 0 Å². The molecule has 3 rings (SSSR count). The summed E-state index contributed by atoms with van der Waals surface area (Å²) in [5.41, 5.74) is 0. The molecule has 0 bridgehead atoms. The fourth-order valence-corrected chi connectivity index (χ4v) is 3.66. The Labute approximate surface area is 136 Å². The second kappa shape index (κ2) is 7.18. The molecule has 1 N–H and O–H groups in total. The predicted molar refractivity (Wildman–Crippen MR) is 80.5 cm³/mol. The molecule has 6 nitrogen and oxygen atoms in total. The predicted octanol–water partition coefficient (Wildman–Crippen LogP) is 1.58. The van der Waals surface area contributed by atoms with Gasteiger partial charge in [0.25, 0.3) is 0 Å². The molecule has 2 saturated carbocycles. The minimum absolute atomic E-state index is 0.0401. The maximum atomic E-state index is 12.2. The molecule has 0 aromatic heterocycles. The van der Waals surface area contributed by atoms with Crippen molar-refractivity contribution in [1.82, 2.24) is 0 Å². The van der Waals surface area contributed by atoms with Gasteiger partial charge in [0.05, 0.1) is 30.8 Å². The number of ether oxygens (including phenoxy) is 3. The van der Waals surface area contributed by atoms with Gasteiger partial charge in [0.2, 0.25) is 0 Å². The van der Waals surface area contributed by atoms with Crippen LogP contribution in [0.2, 0.25) is 0 Å². The summed E-state index contributed by atoms with van der Waals surface area (Å²) in [7, 11) is 0. The Morgan fingerprint density at radius 1 is 1.13 bits per heavy atom. The molecule has 1 saturated heterocycles. The highest BCUT2D eigenvalue weighted by molar-refractivity contribution is 5.72. The van der Waals surface area contributed by atoms with Gasteiger partial charge < -0.3 is 19.3 Å². The summed E-state index contributed by atoms with van der Waals surface area (Å²) in [6, 6.07) is 0. The third kappa shape index (κ3) is 4.23. The fourth-order valence-electron chi connectivity index (χ4n) is 3.66. The van der Waals surface area contributed by atoms with Gasteiger partial charge >= 0.3 is 11.9 Å². The molecule has 0 amide bonds. The lowest BCUT2D eigenvalue weighted by Gasteiger charge is -2.32. The van der Waals surface area contributed by atoms with Crippen LogP contribution in [-0.2, 0) is 23.8 Å². The number of aliphatic hydroxyl groups is 1. The molecule has 0 radical (unpaired) electrons. The zero-order chi connectivity index (χ0) is 16.4. The standard InChI is InChI=1S/C17H26O6/c1-2-16(19)23-14-7-10(3-5-12(14)18)9-21-17(20)11-4-6-13-15(8-11)22-13/h10-15,18H,2-9H2,1H3. The maximum absolute atomic E-state index is 12.2. The van der Waals surface area contributed by atoms with Crippen LogP contribution in [0.25, 0.3) is 0 Å². The van der Waals surface area contributed by atoms with Crippen molar-refractivity contribution in [1.29, 1.82) is 0 Å². The first-order chi connectivity index (χ1) is 11.1. The highest BCUT2D eigenvalue weighted by Crippen LogP contribution is 2.40. The van der Waals surface area contributed by atoms with Crippen LogP contribution in [0, 0.1) is 11.8 Å². The quantitative estimate of drug-likeness (QED) is 0.610. The van der Waals surface area contributed by atoms with Crippen LogP contribution >= 0.6 is 0 Å². The Morgan fingerprint density at radius 2 is 1.96 bits per heavy atom. The third-order valence-electron chi connectivity index (χ3n) is 5.24. The number of fused-ring (bicyclic) bond motifs is 1. The lowest BCUT2D eigenvalue weighted by molar-refractivity contribution is -0.162. The largest absolute Gasteiger partial charge is 0.465 e. The Kier molecular flexibility index (Phi) is 5.21. The molecule has 6 atom stereocenters. The van der Waals surface area contributed by atoms with Crippen molar-refractivity contribution in [3.8, 4) is 0 Å². The molecule has 3 aliphatic rings. The zero-order valence-corrected chi connectivity index (χ0v) is 13.6. The van der Waals surface area contributed by atoms with Crippen molar-refractivity contribution in [3.05, 3.63) is 0 Å². The zero-order valence-electron chi connectivity index (χ0n) is 13.6. The lowest BCUT2D eigenvalue weighted by Crippen LogP contribution is -2.39. The second-order valence-corrected chi connectivity index (χ2v) is 6.98. The number of aliphatic hydroxyl groups excluding tert-OH is 1. The van der Waals surface area contributed by atoms with Gasteiger partial charge in [-0.05, 0) is 44.4 Å². The minimum atomic E-state index is -0.611. The highest BCUT2D eigenvalue weighted by Gasteiger charge is 2.46. The van der Waals surface area contributed by atoms with Gasteiger partial charge in [0, 0.05) is 6.42 Å². The highest BCUT2D eigenvalue weighted by atomic mass is 16.6. The first kappa shape index (κ1) is 16.7. The number of hydrogen-bond donors (Lipinski definition) is 1. The molecule has 1 aliphatic heterocycles. The Bertz CT molecular complexity index is 450. The summed E-state index contributed by atoms with van der Waals surface area (Å²) in [4.78, 5) is 23.6. The van der Waals surface area contributed by atoms with Gasteiger partial charge in [-0.2, -0.15) is 0 Å². The average molecular weight is 326 g/mol. The van der Waals surface area contributed by atoms with E-state index in [0.29, 0.717) is 32.0 Å². The molecule has 0 spiro atoms. The van der Waals surface area contributed by atoms with Crippen molar-refractivity contribution >= 4 is 11.9 Å². The molecule has 3 fully saturated rings. The van der Waals surface area contributed by atoms with Crippen molar-refractivity contribution in [3.63, 3.8) is 0 Å². The van der Waals surface area contributed by atoms with E-state index in [1.54, 1.807) is 6.92 Å². The molecule has 23 heavy (non-hydrogen) atoms. The Hall–Kier alpha value is -1.14. The molecule has 0 aromatic rings. The Balaban J connectivity index is 1.42. The number of carbonyl (C=O) groups is 2. The van der Waals surface area contributed by atoms with E-state index < -0.39 is 12.2 Å². The number of rotatable bonds is 5. The monoisotopic (exact) mass is 326 g/mol. The van der Waals surface area contributed by atoms with Crippen molar-refractivity contribution < 1.29 is 28.9 Å². The Morgan fingerprint density at radius 3 is 2.70 bits per heavy atom. The normalized spacial score (nSPS) is 39.2. The van der Waals surface area contributed by atoms with E-state index in [1.165, 1.54) is 0 Å². The van der Waals surface area contributed by atoms with E-state index in [1.807, 2.05) is 0 Å². The molecule has 6 unspecified atom stereocenters. The molecule has 2 aliphatic carbocycles. The van der Waals surface area contributed by atoms with E-state index in [-0.39, 0.29) is 29.9 Å². The number of hydrogen-bond acceptors (Lipinski definition) is 6. The fraction of sp³-hybridized carbons (Fsp3) is 0.882. The van der Waals surface area contributed by atoms with Crippen molar-refractivity contribution in [2.75, 3.05) is 6.61 Å². The van der Waals surface area contributed by atoms with E-state index in [9.17, 15) is 14.7 Å². The van der Waals surface area contributed by atoms with Crippen LogP contribution in [0.3, 0.4) is 0 Å². The van der Waals surface area contributed by atoms with Crippen LogP contribution in [-0.4, -0.2) is 48.1 Å². The van der Waals surface area contributed by atoms with Gasteiger partial charge in [0.1, 0.15) is 6.10 Å². The van der Waals surface area contributed by atoms with E-state index in [2.05, 4.69) is 0 Å². The maximum Gasteiger partial charge on any atom is 0.309 e. The molecular weight excluding hydrogens is 300 g/mol. The minimum Gasteiger partial charge on any atom is -0.465 e. The SMILES string of the molecule is CCC(=O)OC1CC(COC(=O)C2CCC3OC3C2)CCC1O. The first-order valence-corrected chi connectivity index (χ1v) is 8.76. The smallest absolute Gasteiger partial charge is 0.309 e. The molecular formula is C17H26O6. The van der Waals surface area contributed by atoms with E-state index in [4.69, 9.17) is 14.2 Å². The molecule has 1 heterocycles. The summed E-state index contributed by atoms with van der Waals surface area (Å²) in [5, 5.41) is 9.95. The van der Waals surface area contributed by atoms with Gasteiger partial charge in [-0.1, -0.05) is 6.92 Å². The summed E-state index contributed by atoms with van der Waals surface area (Å²) in [6.07, 6.45) is 4.36. The van der Waals surface area contributed by atoms with Gasteiger partial charge in [-0.15, -0.1) is 0 Å². The molecule has 130 valence electrons. The van der Waals surface area contributed by atoms with Crippen molar-refractivity contribution in [2.45, 2.75) is 76.3 Å². The lowest BCUT2D eigenvalue weighted by atomic mass is 9.85. The first-order valence-electron chi connectivity index (χ1n) is 8.76. The van der Waals surface area contributed by atoms with Gasteiger partial charge in [-0.25, -0.2) is 0 Å². The number of esters is 2. The van der Waals surface area contributed by atoms with Crippen molar-refractivity contribution in [2.24, 2.45) is 11.8 Å². The van der Waals surface area contributed by atoms with Crippen LogP contribution in [0.1, 0.15) is 51.9 Å². The summed E-state index contributed by atoms with van der Waals surface area (Å²) < 4.78 is 16.2. The van der Waals surface area contributed by atoms with Crippen LogP contribution in [0.15, 0.2) is 0 Å². The number of epoxide rings is 1. The number of carbonyl (C=O) groups excluding carboxylic acids is 2. The summed E-state index contributed by atoms with van der Waals surface area (Å²) >= 11 is 0. The second-order valence-electron chi connectivity index (χ2n) is 6.98.